The van der Waals surface area contributed by atoms with Gasteiger partial charge in [-0.1, -0.05) is 13.3 Å². The third-order valence-corrected chi connectivity index (χ3v) is 5.25. The van der Waals surface area contributed by atoms with Crippen LogP contribution in [0, 0.1) is 5.41 Å². The molecule has 0 spiro atoms. The maximum Gasteiger partial charge on any atom is 0.228 e. The largest absolute Gasteiger partial charge is 0.341 e. The number of hydrogen-bond donors (Lipinski definition) is 1. The van der Waals surface area contributed by atoms with E-state index in [4.69, 9.17) is 0 Å². The van der Waals surface area contributed by atoms with Gasteiger partial charge in [-0.2, -0.15) is 0 Å². The molecule has 18 heavy (non-hydrogen) atoms. The second-order valence-electron chi connectivity index (χ2n) is 6.17. The molecule has 0 radical (unpaired) electrons. The molecule has 1 amide bonds. The van der Waals surface area contributed by atoms with Gasteiger partial charge in [0.25, 0.3) is 0 Å². The number of halogens is 1. The van der Waals surface area contributed by atoms with Crippen molar-refractivity contribution in [2.45, 2.75) is 64.0 Å². The average Bonchev–Trinajstić information content (AvgIpc) is 2.57. The Morgan fingerprint density at radius 1 is 1.28 bits per heavy atom. The number of nitrogens with zero attached hydrogens (tertiary/aromatic N) is 1. The first-order chi connectivity index (χ1) is 8.23. The summed E-state index contributed by atoms with van der Waals surface area (Å²) in [5, 5.41) is 3.65. The van der Waals surface area contributed by atoms with Crippen molar-refractivity contribution >= 4 is 18.3 Å². The summed E-state index contributed by atoms with van der Waals surface area (Å²) >= 11 is 0. The van der Waals surface area contributed by atoms with Gasteiger partial charge in [-0.3, -0.25) is 4.79 Å². The van der Waals surface area contributed by atoms with Gasteiger partial charge in [-0.15, -0.1) is 12.4 Å². The van der Waals surface area contributed by atoms with Crippen LogP contribution in [-0.4, -0.2) is 36.0 Å². The SMILES string of the molecule is CCC1(C(=O)N2CCC3CCC(C2)N3)CCC1.Cl. The zero-order valence-electron chi connectivity index (χ0n) is 11.3. The summed E-state index contributed by atoms with van der Waals surface area (Å²) in [5.74, 6) is 0.459. The lowest BCUT2D eigenvalue weighted by atomic mass is 9.66. The molecule has 1 aliphatic carbocycles. The summed E-state index contributed by atoms with van der Waals surface area (Å²) in [6.45, 7) is 4.12. The van der Waals surface area contributed by atoms with Crippen molar-refractivity contribution in [3.8, 4) is 0 Å². The van der Waals surface area contributed by atoms with Gasteiger partial charge in [0.1, 0.15) is 0 Å². The van der Waals surface area contributed by atoms with E-state index in [0.717, 1.165) is 38.8 Å². The average molecular weight is 273 g/mol. The van der Waals surface area contributed by atoms with Crippen LogP contribution < -0.4 is 5.32 Å². The molecular formula is C14H25ClN2O. The maximum absolute atomic E-state index is 12.7. The van der Waals surface area contributed by atoms with Crippen LogP contribution in [-0.2, 0) is 4.79 Å². The number of carbonyl (C=O) groups excluding carboxylic acids is 1. The minimum Gasteiger partial charge on any atom is -0.341 e. The molecule has 0 aromatic rings. The smallest absolute Gasteiger partial charge is 0.228 e. The first-order valence-electron chi connectivity index (χ1n) is 7.29. The van der Waals surface area contributed by atoms with Crippen molar-refractivity contribution in [2.75, 3.05) is 13.1 Å². The Hall–Kier alpha value is -0.280. The Labute approximate surface area is 116 Å². The lowest BCUT2D eigenvalue weighted by Gasteiger charge is -2.43. The highest BCUT2D eigenvalue weighted by molar-refractivity contribution is 5.85. The summed E-state index contributed by atoms with van der Waals surface area (Å²) in [5.41, 5.74) is 0.0313. The van der Waals surface area contributed by atoms with E-state index in [1.807, 2.05) is 0 Å². The van der Waals surface area contributed by atoms with Gasteiger partial charge in [0.15, 0.2) is 0 Å². The van der Waals surface area contributed by atoms with Crippen molar-refractivity contribution in [1.29, 1.82) is 0 Å². The van der Waals surface area contributed by atoms with Gasteiger partial charge in [0.05, 0.1) is 0 Å². The highest BCUT2D eigenvalue weighted by atomic mass is 35.5. The molecule has 2 saturated heterocycles. The third kappa shape index (κ3) is 2.27. The van der Waals surface area contributed by atoms with E-state index < -0.39 is 0 Å². The van der Waals surface area contributed by atoms with E-state index in [9.17, 15) is 4.79 Å². The van der Waals surface area contributed by atoms with Gasteiger partial charge in [-0.05, 0) is 38.5 Å². The summed E-state index contributed by atoms with van der Waals surface area (Å²) in [6, 6.07) is 1.25. The lowest BCUT2D eigenvalue weighted by molar-refractivity contribution is -0.148. The van der Waals surface area contributed by atoms with E-state index in [1.165, 1.54) is 19.3 Å². The monoisotopic (exact) mass is 272 g/mol. The summed E-state index contributed by atoms with van der Waals surface area (Å²) in [6.07, 6.45) is 8.25. The zero-order chi connectivity index (χ0) is 11.9. The van der Waals surface area contributed by atoms with Crippen LogP contribution >= 0.6 is 12.4 Å². The number of likely N-dealkylation sites (tertiary alicyclic amines) is 1. The highest BCUT2D eigenvalue weighted by Crippen LogP contribution is 2.45. The maximum atomic E-state index is 12.7. The summed E-state index contributed by atoms with van der Waals surface area (Å²) in [4.78, 5) is 14.8. The first kappa shape index (κ1) is 14.1. The fraction of sp³-hybridized carbons (Fsp3) is 0.929. The molecule has 1 N–H and O–H groups in total. The number of fused-ring (bicyclic) bond motifs is 2. The Kier molecular flexibility index (Phi) is 4.22. The Morgan fingerprint density at radius 3 is 2.61 bits per heavy atom. The van der Waals surface area contributed by atoms with Crippen LogP contribution in [0.1, 0.15) is 51.9 Å². The molecule has 2 aliphatic heterocycles. The molecule has 2 heterocycles. The second-order valence-corrected chi connectivity index (χ2v) is 6.17. The van der Waals surface area contributed by atoms with Crippen molar-refractivity contribution < 1.29 is 4.79 Å². The van der Waals surface area contributed by atoms with Crippen LogP contribution in [0.2, 0.25) is 0 Å². The predicted molar refractivity (Wildman–Crippen MR) is 75.0 cm³/mol. The normalized spacial score (nSPS) is 33.3. The van der Waals surface area contributed by atoms with Gasteiger partial charge < -0.3 is 10.2 Å². The summed E-state index contributed by atoms with van der Waals surface area (Å²) in [7, 11) is 0. The van der Waals surface area contributed by atoms with Crippen molar-refractivity contribution in [1.82, 2.24) is 10.2 Å². The summed E-state index contributed by atoms with van der Waals surface area (Å²) < 4.78 is 0. The lowest BCUT2D eigenvalue weighted by Crippen LogP contribution is -2.50. The van der Waals surface area contributed by atoms with Crippen LogP contribution in [0.4, 0.5) is 0 Å². The third-order valence-electron chi connectivity index (χ3n) is 5.25. The Morgan fingerprint density at radius 2 is 2.00 bits per heavy atom. The number of hydrogen-bond acceptors (Lipinski definition) is 2. The van der Waals surface area contributed by atoms with Gasteiger partial charge >= 0.3 is 0 Å². The first-order valence-corrected chi connectivity index (χ1v) is 7.29. The minimum absolute atomic E-state index is 0. The number of carbonyl (C=O) groups is 1. The molecule has 3 aliphatic rings. The fourth-order valence-corrected chi connectivity index (χ4v) is 3.79. The molecule has 104 valence electrons. The van der Waals surface area contributed by atoms with E-state index in [2.05, 4.69) is 17.1 Å². The molecule has 3 fully saturated rings. The molecule has 3 rings (SSSR count). The molecule has 1 saturated carbocycles. The van der Waals surface area contributed by atoms with Crippen LogP contribution in [0.5, 0.6) is 0 Å². The molecule has 4 heteroatoms. The minimum atomic E-state index is 0. The molecule has 0 aromatic heterocycles. The Balaban J connectivity index is 0.00000120. The molecule has 2 unspecified atom stereocenters. The topological polar surface area (TPSA) is 32.3 Å². The van der Waals surface area contributed by atoms with Gasteiger partial charge in [0, 0.05) is 30.6 Å². The number of nitrogens with one attached hydrogen (secondary N) is 1. The predicted octanol–water partition coefficient (Wildman–Crippen LogP) is 2.34. The van der Waals surface area contributed by atoms with E-state index in [1.54, 1.807) is 0 Å². The molecule has 0 aromatic carbocycles. The highest BCUT2D eigenvalue weighted by Gasteiger charge is 2.45. The molecular weight excluding hydrogens is 248 g/mol. The number of amides is 1. The van der Waals surface area contributed by atoms with E-state index in [0.29, 0.717) is 18.0 Å². The van der Waals surface area contributed by atoms with Crippen LogP contribution in [0.3, 0.4) is 0 Å². The number of rotatable bonds is 2. The van der Waals surface area contributed by atoms with Crippen molar-refractivity contribution in [2.24, 2.45) is 5.41 Å². The van der Waals surface area contributed by atoms with Crippen molar-refractivity contribution in [3.05, 3.63) is 0 Å². The standard InChI is InChI=1S/C14H24N2O.ClH/c1-2-14(7-3-8-14)13(17)16-9-6-11-4-5-12(10-16)15-11;/h11-12,15H,2-10H2,1H3;1H. The van der Waals surface area contributed by atoms with E-state index >= 15 is 0 Å². The van der Waals surface area contributed by atoms with Crippen LogP contribution in [0.25, 0.3) is 0 Å². The quantitative estimate of drug-likeness (QED) is 0.837. The van der Waals surface area contributed by atoms with Crippen LogP contribution in [0.15, 0.2) is 0 Å². The Bertz CT molecular complexity index is 311. The van der Waals surface area contributed by atoms with Crippen molar-refractivity contribution in [3.63, 3.8) is 0 Å². The fourth-order valence-electron chi connectivity index (χ4n) is 3.79. The zero-order valence-corrected chi connectivity index (χ0v) is 12.1. The van der Waals surface area contributed by atoms with E-state index in [-0.39, 0.29) is 17.8 Å². The molecule has 2 atom stereocenters. The second kappa shape index (κ2) is 5.38. The van der Waals surface area contributed by atoms with Gasteiger partial charge in [-0.25, -0.2) is 0 Å². The molecule has 3 nitrogen and oxygen atoms in total. The molecule has 2 bridgehead atoms. The van der Waals surface area contributed by atoms with Gasteiger partial charge in [0.2, 0.25) is 5.91 Å².